The van der Waals surface area contributed by atoms with Gasteiger partial charge in [0.15, 0.2) is 0 Å². The highest BCUT2D eigenvalue weighted by atomic mass is 16.5. The number of anilines is 1. The quantitative estimate of drug-likeness (QED) is 0.840. The molecular weight excluding hydrogens is 248 g/mol. The monoisotopic (exact) mass is 270 g/mol. The maximum absolute atomic E-state index is 5.86. The van der Waals surface area contributed by atoms with Crippen LogP contribution in [0.1, 0.15) is 12.5 Å². The zero-order valence-corrected chi connectivity index (χ0v) is 12.0. The summed E-state index contributed by atoms with van der Waals surface area (Å²) < 4.78 is 5.86. The number of para-hydroxylation sites is 2. The van der Waals surface area contributed by atoms with Crippen LogP contribution in [0.15, 0.2) is 54.6 Å². The number of benzene rings is 2. The van der Waals surface area contributed by atoms with Crippen LogP contribution in [-0.4, -0.2) is 19.7 Å². The van der Waals surface area contributed by atoms with Gasteiger partial charge in [-0.2, -0.15) is 0 Å². The highest BCUT2D eigenvalue weighted by Crippen LogP contribution is 2.17. The second kappa shape index (κ2) is 7.56. The lowest BCUT2D eigenvalue weighted by molar-refractivity contribution is 0.321. The summed E-state index contributed by atoms with van der Waals surface area (Å²) in [4.78, 5) is 2.30. The number of rotatable bonds is 7. The van der Waals surface area contributed by atoms with E-state index in [4.69, 9.17) is 10.5 Å². The van der Waals surface area contributed by atoms with Gasteiger partial charge in [0.05, 0.1) is 6.54 Å². The van der Waals surface area contributed by atoms with Gasteiger partial charge in [0.1, 0.15) is 12.4 Å². The molecule has 0 saturated carbocycles. The number of likely N-dealkylation sites (N-methyl/N-ethyl adjacent to an activating group) is 1. The molecule has 0 unspecified atom stereocenters. The maximum atomic E-state index is 5.86. The Morgan fingerprint density at radius 2 is 1.70 bits per heavy atom. The van der Waals surface area contributed by atoms with Crippen LogP contribution in [0.2, 0.25) is 0 Å². The number of nitrogens with zero attached hydrogens (tertiary/aromatic N) is 1. The van der Waals surface area contributed by atoms with Crippen molar-refractivity contribution >= 4 is 5.69 Å². The molecule has 0 atom stereocenters. The second-order valence-corrected chi connectivity index (χ2v) is 4.58. The molecule has 2 aromatic rings. The molecule has 0 amide bonds. The first-order valence-corrected chi connectivity index (χ1v) is 7.06. The molecule has 0 radical (unpaired) electrons. The summed E-state index contributed by atoms with van der Waals surface area (Å²) in [5.74, 6) is 0.888. The molecule has 0 heterocycles. The average Bonchev–Trinajstić information content (AvgIpc) is 2.53. The molecule has 3 nitrogen and oxygen atoms in total. The smallest absolute Gasteiger partial charge is 0.123 e. The number of ether oxygens (including phenoxy) is 1. The van der Waals surface area contributed by atoms with Crippen molar-refractivity contribution in [2.45, 2.75) is 13.5 Å². The molecule has 0 aliphatic carbocycles. The van der Waals surface area contributed by atoms with Gasteiger partial charge in [-0.15, -0.1) is 0 Å². The highest BCUT2D eigenvalue weighted by Gasteiger charge is 2.05. The summed E-state index contributed by atoms with van der Waals surface area (Å²) in [5.41, 5.74) is 7.99. The summed E-state index contributed by atoms with van der Waals surface area (Å²) >= 11 is 0. The first-order valence-electron chi connectivity index (χ1n) is 7.06. The fraction of sp³-hybridized carbons (Fsp3) is 0.294. The SMILES string of the molecule is CCN(CCOc1ccccc1CN)c1ccccc1. The minimum Gasteiger partial charge on any atom is -0.491 e. The molecule has 0 aliphatic heterocycles. The van der Waals surface area contributed by atoms with E-state index in [0.29, 0.717) is 13.2 Å². The molecule has 0 aromatic heterocycles. The number of hydrogen-bond acceptors (Lipinski definition) is 3. The maximum Gasteiger partial charge on any atom is 0.123 e. The largest absolute Gasteiger partial charge is 0.491 e. The van der Waals surface area contributed by atoms with Crippen LogP contribution in [0.25, 0.3) is 0 Å². The van der Waals surface area contributed by atoms with Crippen molar-refractivity contribution in [2.75, 3.05) is 24.6 Å². The van der Waals surface area contributed by atoms with Crippen LogP contribution in [0, 0.1) is 0 Å². The van der Waals surface area contributed by atoms with Gasteiger partial charge >= 0.3 is 0 Å². The van der Waals surface area contributed by atoms with E-state index >= 15 is 0 Å². The molecule has 0 fully saturated rings. The molecule has 0 spiro atoms. The first kappa shape index (κ1) is 14.4. The summed E-state index contributed by atoms with van der Waals surface area (Å²) in [7, 11) is 0. The van der Waals surface area contributed by atoms with Crippen LogP contribution in [0.5, 0.6) is 5.75 Å². The molecule has 2 aromatic carbocycles. The Morgan fingerprint density at radius 1 is 1.00 bits per heavy atom. The van der Waals surface area contributed by atoms with Crippen molar-refractivity contribution in [2.24, 2.45) is 5.73 Å². The molecule has 0 aliphatic rings. The fourth-order valence-corrected chi connectivity index (χ4v) is 2.19. The van der Waals surface area contributed by atoms with Gasteiger partial charge < -0.3 is 15.4 Å². The summed E-state index contributed by atoms with van der Waals surface area (Å²) in [6, 6.07) is 18.3. The zero-order valence-electron chi connectivity index (χ0n) is 12.0. The van der Waals surface area contributed by atoms with E-state index in [2.05, 4.69) is 36.1 Å². The number of nitrogens with two attached hydrogens (primary N) is 1. The van der Waals surface area contributed by atoms with E-state index in [1.807, 2.05) is 30.3 Å². The molecule has 0 saturated heterocycles. The molecule has 0 bridgehead atoms. The Morgan fingerprint density at radius 3 is 2.40 bits per heavy atom. The van der Waals surface area contributed by atoms with Crippen LogP contribution in [0.3, 0.4) is 0 Å². The lowest BCUT2D eigenvalue weighted by atomic mass is 10.2. The molecule has 2 rings (SSSR count). The third-order valence-electron chi connectivity index (χ3n) is 3.31. The van der Waals surface area contributed by atoms with Gasteiger partial charge in [0, 0.05) is 24.3 Å². The van der Waals surface area contributed by atoms with E-state index in [-0.39, 0.29) is 0 Å². The molecule has 20 heavy (non-hydrogen) atoms. The molecular formula is C17H22N2O. The number of hydrogen-bond donors (Lipinski definition) is 1. The topological polar surface area (TPSA) is 38.5 Å². The van der Waals surface area contributed by atoms with Crippen molar-refractivity contribution < 1.29 is 4.74 Å². The van der Waals surface area contributed by atoms with Gasteiger partial charge in [0.25, 0.3) is 0 Å². The Balaban J connectivity index is 1.91. The van der Waals surface area contributed by atoms with Crippen molar-refractivity contribution in [1.29, 1.82) is 0 Å². The molecule has 2 N–H and O–H groups in total. The minimum atomic E-state index is 0.506. The van der Waals surface area contributed by atoms with E-state index in [9.17, 15) is 0 Å². The van der Waals surface area contributed by atoms with Crippen molar-refractivity contribution in [3.05, 3.63) is 60.2 Å². The standard InChI is InChI=1S/C17H22N2O/c1-2-19(16-9-4-3-5-10-16)12-13-20-17-11-7-6-8-15(17)14-18/h3-11H,2,12-14,18H2,1H3. The zero-order chi connectivity index (χ0) is 14.2. The van der Waals surface area contributed by atoms with E-state index in [1.54, 1.807) is 0 Å². The van der Waals surface area contributed by atoms with Crippen molar-refractivity contribution in [3.63, 3.8) is 0 Å². The van der Waals surface area contributed by atoms with Gasteiger partial charge in [-0.25, -0.2) is 0 Å². The fourth-order valence-electron chi connectivity index (χ4n) is 2.19. The van der Waals surface area contributed by atoms with Gasteiger partial charge in [-0.05, 0) is 25.1 Å². The first-order chi connectivity index (χ1) is 9.85. The Bertz CT molecular complexity index is 513. The third kappa shape index (κ3) is 3.75. The van der Waals surface area contributed by atoms with E-state index in [0.717, 1.165) is 24.4 Å². The average molecular weight is 270 g/mol. The van der Waals surface area contributed by atoms with Gasteiger partial charge in [-0.1, -0.05) is 36.4 Å². The Labute approximate surface area is 121 Å². The summed E-state index contributed by atoms with van der Waals surface area (Å²) in [5, 5.41) is 0. The predicted molar refractivity (Wildman–Crippen MR) is 84.2 cm³/mol. The normalized spacial score (nSPS) is 10.3. The van der Waals surface area contributed by atoms with Gasteiger partial charge in [-0.3, -0.25) is 0 Å². The van der Waals surface area contributed by atoms with Crippen molar-refractivity contribution in [1.82, 2.24) is 0 Å². The van der Waals surface area contributed by atoms with Crippen LogP contribution >= 0.6 is 0 Å². The predicted octanol–water partition coefficient (Wildman–Crippen LogP) is 3.05. The van der Waals surface area contributed by atoms with Gasteiger partial charge in [0.2, 0.25) is 0 Å². The van der Waals surface area contributed by atoms with E-state index < -0.39 is 0 Å². The van der Waals surface area contributed by atoms with Crippen LogP contribution < -0.4 is 15.4 Å². The third-order valence-corrected chi connectivity index (χ3v) is 3.31. The Hall–Kier alpha value is -2.00. The second-order valence-electron chi connectivity index (χ2n) is 4.58. The summed E-state index contributed by atoms with van der Waals surface area (Å²) in [6.45, 7) is 5.14. The lowest BCUT2D eigenvalue weighted by Gasteiger charge is -2.23. The molecule has 106 valence electrons. The minimum absolute atomic E-state index is 0.506. The lowest BCUT2D eigenvalue weighted by Crippen LogP contribution is -2.28. The molecule has 3 heteroatoms. The summed E-state index contributed by atoms with van der Waals surface area (Å²) in [6.07, 6.45) is 0. The van der Waals surface area contributed by atoms with Crippen LogP contribution in [-0.2, 0) is 6.54 Å². The Kier molecular flexibility index (Phi) is 5.44. The van der Waals surface area contributed by atoms with Crippen LogP contribution in [0.4, 0.5) is 5.69 Å². The van der Waals surface area contributed by atoms with E-state index in [1.165, 1.54) is 5.69 Å². The highest BCUT2D eigenvalue weighted by molar-refractivity contribution is 5.45. The van der Waals surface area contributed by atoms with Crippen molar-refractivity contribution in [3.8, 4) is 5.75 Å².